The van der Waals surface area contributed by atoms with E-state index in [1.165, 1.54) is 12.8 Å². The molecule has 1 aliphatic rings. The van der Waals surface area contributed by atoms with Gasteiger partial charge >= 0.3 is 0 Å². The number of hydrogen-bond acceptors (Lipinski definition) is 4. The van der Waals surface area contributed by atoms with Crippen LogP contribution in [-0.2, 0) is 11.2 Å². The maximum atomic E-state index is 5.86. The lowest BCUT2D eigenvalue weighted by Crippen LogP contribution is -2.32. The Hall–Kier alpha value is -1.13. The lowest BCUT2D eigenvalue weighted by atomic mass is 10.00. The molecule has 2 atom stereocenters. The highest BCUT2D eigenvalue weighted by Gasteiger charge is 2.20. The number of rotatable bonds is 5. The molecule has 3 N–H and O–H groups in total. The van der Waals surface area contributed by atoms with Gasteiger partial charge < -0.3 is 15.8 Å². The molecule has 0 aromatic carbocycles. The summed E-state index contributed by atoms with van der Waals surface area (Å²) in [4.78, 5) is 4.12. The van der Waals surface area contributed by atoms with Crippen molar-refractivity contribution in [1.29, 1.82) is 0 Å². The Morgan fingerprint density at radius 3 is 3.18 bits per heavy atom. The van der Waals surface area contributed by atoms with Gasteiger partial charge in [0.1, 0.15) is 5.82 Å². The molecule has 1 aromatic rings. The molecule has 17 heavy (non-hydrogen) atoms. The Morgan fingerprint density at radius 2 is 2.53 bits per heavy atom. The third kappa shape index (κ3) is 3.41. The first-order valence-corrected chi connectivity index (χ1v) is 6.28. The van der Waals surface area contributed by atoms with Gasteiger partial charge in [0.25, 0.3) is 0 Å². The van der Waals surface area contributed by atoms with Crippen LogP contribution in [0.4, 0.5) is 5.82 Å². The second-order valence-corrected chi connectivity index (χ2v) is 4.61. The predicted molar refractivity (Wildman–Crippen MR) is 68.8 cm³/mol. The molecule has 1 aromatic heterocycles. The Bertz CT molecular complexity index is 350. The number of anilines is 1. The maximum Gasteiger partial charge on any atom is 0.126 e. The molecule has 2 heterocycles. The molecule has 0 radical (unpaired) electrons. The molecular formula is C13H21N3O. The standard InChI is InChI=1S/C13H21N3O/c1-15-11(9-12-5-3-7-17-12)8-10-4-2-6-16-13(10)14/h2,4,6,11-12,15H,3,5,7-9H2,1H3,(H2,14,16). The van der Waals surface area contributed by atoms with Crippen molar-refractivity contribution in [3.8, 4) is 0 Å². The molecule has 1 saturated heterocycles. The average Bonchev–Trinajstić information content (AvgIpc) is 2.84. The van der Waals surface area contributed by atoms with Crippen molar-refractivity contribution in [2.75, 3.05) is 19.4 Å². The minimum absolute atomic E-state index is 0.407. The summed E-state index contributed by atoms with van der Waals surface area (Å²) in [7, 11) is 1.99. The largest absolute Gasteiger partial charge is 0.383 e. The monoisotopic (exact) mass is 235 g/mol. The van der Waals surface area contributed by atoms with Crippen molar-refractivity contribution >= 4 is 5.82 Å². The van der Waals surface area contributed by atoms with Crippen molar-refractivity contribution in [2.24, 2.45) is 0 Å². The molecule has 4 nitrogen and oxygen atoms in total. The van der Waals surface area contributed by atoms with E-state index in [0.29, 0.717) is 18.0 Å². The maximum absolute atomic E-state index is 5.86. The van der Waals surface area contributed by atoms with E-state index in [0.717, 1.165) is 25.0 Å². The van der Waals surface area contributed by atoms with Crippen LogP contribution < -0.4 is 11.1 Å². The molecule has 0 bridgehead atoms. The topological polar surface area (TPSA) is 60.2 Å². The van der Waals surface area contributed by atoms with Crippen molar-refractivity contribution in [1.82, 2.24) is 10.3 Å². The number of nitrogen functional groups attached to an aromatic ring is 1. The molecule has 94 valence electrons. The van der Waals surface area contributed by atoms with Crippen LogP contribution >= 0.6 is 0 Å². The van der Waals surface area contributed by atoms with Crippen LogP contribution in [0, 0.1) is 0 Å². The number of nitrogens with one attached hydrogen (secondary N) is 1. The lowest BCUT2D eigenvalue weighted by molar-refractivity contribution is 0.0954. The number of nitrogens with zero attached hydrogens (tertiary/aromatic N) is 1. The molecule has 0 aliphatic carbocycles. The smallest absolute Gasteiger partial charge is 0.126 e. The van der Waals surface area contributed by atoms with E-state index in [1.54, 1.807) is 6.20 Å². The second-order valence-electron chi connectivity index (χ2n) is 4.61. The van der Waals surface area contributed by atoms with Gasteiger partial charge in [0, 0.05) is 18.8 Å². The van der Waals surface area contributed by atoms with Crippen molar-refractivity contribution in [3.63, 3.8) is 0 Å². The van der Waals surface area contributed by atoms with E-state index in [-0.39, 0.29) is 0 Å². The number of nitrogens with two attached hydrogens (primary N) is 1. The first-order valence-electron chi connectivity index (χ1n) is 6.28. The zero-order chi connectivity index (χ0) is 12.1. The first kappa shape index (κ1) is 12.3. The third-order valence-corrected chi connectivity index (χ3v) is 3.37. The Balaban J connectivity index is 1.92. The van der Waals surface area contributed by atoms with Crippen LogP contribution in [-0.4, -0.2) is 30.8 Å². The Morgan fingerprint density at radius 1 is 1.65 bits per heavy atom. The van der Waals surface area contributed by atoms with Crippen LogP contribution in [0.2, 0.25) is 0 Å². The van der Waals surface area contributed by atoms with Gasteiger partial charge in [-0.05, 0) is 44.4 Å². The fourth-order valence-electron chi connectivity index (χ4n) is 2.34. The minimum Gasteiger partial charge on any atom is -0.383 e. The molecular weight excluding hydrogens is 214 g/mol. The highest BCUT2D eigenvalue weighted by Crippen LogP contribution is 2.19. The number of likely N-dealkylation sites (N-methyl/N-ethyl adjacent to an activating group) is 1. The van der Waals surface area contributed by atoms with E-state index in [2.05, 4.69) is 10.3 Å². The number of ether oxygens (including phenoxy) is 1. The van der Waals surface area contributed by atoms with Crippen LogP contribution in [0.5, 0.6) is 0 Å². The van der Waals surface area contributed by atoms with Crippen molar-refractivity contribution < 1.29 is 4.74 Å². The number of pyridine rings is 1. The van der Waals surface area contributed by atoms with Crippen LogP contribution in [0.15, 0.2) is 18.3 Å². The fraction of sp³-hybridized carbons (Fsp3) is 0.615. The fourth-order valence-corrected chi connectivity index (χ4v) is 2.34. The summed E-state index contributed by atoms with van der Waals surface area (Å²) < 4.78 is 5.67. The van der Waals surface area contributed by atoms with Gasteiger partial charge in [-0.25, -0.2) is 4.98 Å². The molecule has 0 amide bonds. The number of aromatic nitrogens is 1. The summed E-state index contributed by atoms with van der Waals surface area (Å²) in [6.45, 7) is 0.913. The van der Waals surface area contributed by atoms with Crippen molar-refractivity contribution in [3.05, 3.63) is 23.9 Å². The molecule has 1 aliphatic heterocycles. The summed E-state index contributed by atoms with van der Waals surface area (Å²) in [5, 5.41) is 3.34. The zero-order valence-electron chi connectivity index (χ0n) is 10.4. The molecule has 1 fully saturated rings. The zero-order valence-corrected chi connectivity index (χ0v) is 10.4. The quantitative estimate of drug-likeness (QED) is 0.809. The summed E-state index contributed by atoms with van der Waals surface area (Å²) >= 11 is 0. The molecule has 2 unspecified atom stereocenters. The minimum atomic E-state index is 0.407. The van der Waals surface area contributed by atoms with Gasteiger partial charge in [-0.1, -0.05) is 6.07 Å². The van der Waals surface area contributed by atoms with E-state index in [9.17, 15) is 0 Å². The first-order chi connectivity index (χ1) is 8.29. The summed E-state index contributed by atoms with van der Waals surface area (Å²) in [6.07, 6.45) is 6.47. The summed E-state index contributed by atoms with van der Waals surface area (Å²) in [5.74, 6) is 0.639. The number of hydrogen-bond donors (Lipinski definition) is 2. The predicted octanol–water partition coefficient (Wildman–Crippen LogP) is 1.36. The van der Waals surface area contributed by atoms with Gasteiger partial charge in [0.15, 0.2) is 0 Å². The van der Waals surface area contributed by atoms with E-state index in [4.69, 9.17) is 10.5 Å². The third-order valence-electron chi connectivity index (χ3n) is 3.37. The van der Waals surface area contributed by atoms with Crippen molar-refractivity contribution in [2.45, 2.75) is 37.8 Å². The summed E-state index contributed by atoms with van der Waals surface area (Å²) in [6, 6.07) is 4.39. The SMILES string of the molecule is CNC(Cc1cccnc1N)CC1CCCO1. The van der Waals surface area contributed by atoms with Gasteiger partial charge in [-0.15, -0.1) is 0 Å². The van der Waals surface area contributed by atoms with E-state index < -0.39 is 0 Å². The van der Waals surface area contributed by atoms with E-state index in [1.807, 2.05) is 19.2 Å². The van der Waals surface area contributed by atoms with Gasteiger partial charge in [-0.3, -0.25) is 0 Å². The normalized spacial score (nSPS) is 21.6. The average molecular weight is 235 g/mol. The van der Waals surface area contributed by atoms with Gasteiger partial charge in [0.05, 0.1) is 6.10 Å². The van der Waals surface area contributed by atoms with Gasteiger partial charge in [0.2, 0.25) is 0 Å². The highest BCUT2D eigenvalue weighted by atomic mass is 16.5. The Labute approximate surface area is 103 Å². The molecule has 0 spiro atoms. The van der Waals surface area contributed by atoms with Crippen LogP contribution in [0.3, 0.4) is 0 Å². The van der Waals surface area contributed by atoms with Gasteiger partial charge in [-0.2, -0.15) is 0 Å². The Kier molecular flexibility index (Phi) is 4.34. The lowest BCUT2D eigenvalue weighted by Gasteiger charge is -2.20. The van der Waals surface area contributed by atoms with Crippen LogP contribution in [0.1, 0.15) is 24.8 Å². The molecule has 0 saturated carbocycles. The summed E-state index contributed by atoms with van der Waals surface area (Å²) in [5.41, 5.74) is 6.98. The van der Waals surface area contributed by atoms with Crippen LogP contribution in [0.25, 0.3) is 0 Å². The van der Waals surface area contributed by atoms with E-state index >= 15 is 0 Å². The second kappa shape index (κ2) is 5.98. The molecule has 2 rings (SSSR count). The molecule has 4 heteroatoms. The highest BCUT2D eigenvalue weighted by molar-refractivity contribution is 5.38.